The first-order chi connectivity index (χ1) is 7.06. The lowest BCUT2D eigenvalue weighted by Crippen LogP contribution is -2.00. The monoisotopic (exact) mass is 226 g/mol. The average Bonchev–Trinajstić information content (AvgIpc) is 2.15. The van der Waals surface area contributed by atoms with Crippen molar-refractivity contribution in [2.75, 3.05) is 7.11 Å². The topological polar surface area (TPSA) is 29.5 Å². The highest BCUT2D eigenvalue weighted by Gasteiger charge is 2.14. The fourth-order valence-electron chi connectivity index (χ4n) is 1.47. The minimum atomic E-state index is -0.498. The van der Waals surface area contributed by atoms with E-state index in [9.17, 15) is 5.11 Å². The Hall–Kier alpha value is -0.670. The molecule has 0 aromatic heterocycles. The molecule has 0 amide bonds. The van der Waals surface area contributed by atoms with E-state index in [4.69, 9.17) is 4.74 Å². The molecule has 15 heavy (non-hydrogen) atoms. The molecule has 2 nitrogen and oxygen atoms in total. The van der Waals surface area contributed by atoms with Crippen LogP contribution in [0.15, 0.2) is 23.1 Å². The lowest BCUT2D eigenvalue weighted by molar-refractivity contribution is 0.191. The van der Waals surface area contributed by atoms with Gasteiger partial charge in [0.1, 0.15) is 5.75 Å². The fraction of sp³-hybridized carbons (Fsp3) is 0.500. The third kappa shape index (κ3) is 3.14. The van der Waals surface area contributed by atoms with Gasteiger partial charge in [-0.3, -0.25) is 0 Å². The first-order valence-electron chi connectivity index (χ1n) is 5.08. The number of hydrogen-bond donors (Lipinski definition) is 1. The highest BCUT2D eigenvalue weighted by Crippen LogP contribution is 2.36. The van der Waals surface area contributed by atoms with Crippen LogP contribution in [0.4, 0.5) is 0 Å². The number of aliphatic hydroxyl groups is 1. The van der Waals surface area contributed by atoms with Gasteiger partial charge >= 0.3 is 0 Å². The van der Waals surface area contributed by atoms with Crippen LogP contribution < -0.4 is 4.74 Å². The third-order valence-corrected chi connectivity index (χ3v) is 3.11. The van der Waals surface area contributed by atoms with Crippen LogP contribution in [-0.2, 0) is 0 Å². The molecule has 1 atom stereocenters. The van der Waals surface area contributed by atoms with E-state index in [2.05, 4.69) is 13.8 Å². The predicted molar refractivity (Wildman–Crippen MR) is 64.6 cm³/mol. The van der Waals surface area contributed by atoms with Gasteiger partial charge < -0.3 is 9.84 Å². The molecule has 0 radical (unpaired) electrons. The Morgan fingerprint density at radius 3 is 2.40 bits per heavy atom. The molecule has 0 heterocycles. The van der Waals surface area contributed by atoms with E-state index < -0.39 is 6.10 Å². The second kappa shape index (κ2) is 5.42. The number of ether oxygens (including phenoxy) is 1. The second-order valence-electron chi connectivity index (χ2n) is 3.71. The van der Waals surface area contributed by atoms with Gasteiger partial charge in [0.15, 0.2) is 0 Å². The maximum atomic E-state index is 9.74. The normalized spacial score (nSPS) is 12.9. The molecule has 0 fully saturated rings. The number of thioether (sulfide) groups is 1. The molecule has 0 aliphatic heterocycles. The number of aliphatic hydroxyl groups excluding tert-OH is 1. The molecule has 1 N–H and O–H groups in total. The quantitative estimate of drug-likeness (QED) is 0.799. The number of hydrogen-bond acceptors (Lipinski definition) is 3. The summed E-state index contributed by atoms with van der Waals surface area (Å²) in [5.41, 5.74) is 0.888. The maximum absolute atomic E-state index is 9.74. The Kier molecular flexibility index (Phi) is 4.48. The van der Waals surface area contributed by atoms with E-state index in [-0.39, 0.29) is 0 Å². The van der Waals surface area contributed by atoms with Crippen molar-refractivity contribution in [2.24, 2.45) is 0 Å². The zero-order valence-electron chi connectivity index (χ0n) is 9.65. The predicted octanol–water partition coefficient (Wildman–Crippen LogP) is 3.25. The zero-order chi connectivity index (χ0) is 11.4. The van der Waals surface area contributed by atoms with E-state index in [0.717, 1.165) is 16.2 Å². The lowest BCUT2D eigenvalue weighted by Gasteiger charge is -2.16. The molecule has 0 saturated carbocycles. The van der Waals surface area contributed by atoms with E-state index >= 15 is 0 Å². The lowest BCUT2D eigenvalue weighted by atomic mass is 10.1. The SMILES string of the molecule is COc1cccc(SC(C)C)c1[C@H](C)O. The smallest absolute Gasteiger partial charge is 0.125 e. The summed E-state index contributed by atoms with van der Waals surface area (Å²) in [5, 5.41) is 10.2. The van der Waals surface area contributed by atoms with Crippen LogP contribution in [0.25, 0.3) is 0 Å². The third-order valence-electron chi connectivity index (χ3n) is 2.03. The molecule has 1 aromatic carbocycles. The van der Waals surface area contributed by atoms with Gasteiger partial charge in [0.25, 0.3) is 0 Å². The van der Waals surface area contributed by atoms with E-state index in [1.165, 1.54) is 0 Å². The zero-order valence-corrected chi connectivity index (χ0v) is 10.5. The average molecular weight is 226 g/mol. The van der Waals surface area contributed by atoms with Gasteiger partial charge in [0.05, 0.1) is 13.2 Å². The molecular weight excluding hydrogens is 208 g/mol. The second-order valence-corrected chi connectivity index (χ2v) is 5.33. The first kappa shape index (κ1) is 12.4. The van der Waals surface area contributed by atoms with Gasteiger partial charge in [0, 0.05) is 15.7 Å². The Balaban J connectivity index is 3.13. The largest absolute Gasteiger partial charge is 0.496 e. The molecule has 1 aromatic rings. The van der Waals surface area contributed by atoms with Gasteiger partial charge in [0.2, 0.25) is 0 Å². The maximum Gasteiger partial charge on any atom is 0.125 e. The Morgan fingerprint density at radius 1 is 1.27 bits per heavy atom. The van der Waals surface area contributed by atoms with Gasteiger partial charge in [-0.25, -0.2) is 0 Å². The summed E-state index contributed by atoms with van der Waals surface area (Å²) >= 11 is 1.74. The molecule has 0 unspecified atom stereocenters. The Morgan fingerprint density at radius 2 is 1.93 bits per heavy atom. The first-order valence-corrected chi connectivity index (χ1v) is 5.95. The summed E-state index contributed by atoms with van der Waals surface area (Å²) in [7, 11) is 1.63. The summed E-state index contributed by atoms with van der Waals surface area (Å²) < 4.78 is 5.26. The van der Waals surface area contributed by atoms with Crippen molar-refractivity contribution in [1.82, 2.24) is 0 Å². The van der Waals surface area contributed by atoms with Crippen LogP contribution in [0, 0.1) is 0 Å². The molecule has 84 valence electrons. The Bertz CT molecular complexity index is 321. The van der Waals surface area contributed by atoms with E-state index in [1.54, 1.807) is 25.8 Å². The van der Waals surface area contributed by atoms with Gasteiger partial charge in [-0.2, -0.15) is 0 Å². The molecule has 0 saturated heterocycles. The van der Waals surface area contributed by atoms with Crippen LogP contribution >= 0.6 is 11.8 Å². The highest BCUT2D eigenvalue weighted by atomic mass is 32.2. The molecule has 0 spiro atoms. The van der Waals surface area contributed by atoms with Crippen molar-refractivity contribution in [1.29, 1.82) is 0 Å². The summed E-state index contributed by atoms with van der Waals surface area (Å²) in [6.07, 6.45) is -0.498. The van der Waals surface area contributed by atoms with Crippen LogP contribution in [-0.4, -0.2) is 17.5 Å². The van der Waals surface area contributed by atoms with E-state index in [0.29, 0.717) is 5.25 Å². The molecule has 0 aliphatic rings. The van der Waals surface area contributed by atoms with E-state index in [1.807, 2.05) is 18.2 Å². The fourth-order valence-corrected chi connectivity index (χ4v) is 2.53. The molecule has 3 heteroatoms. The molecule has 0 aliphatic carbocycles. The van der Waals surface area contributed by atoms with Crippen molar-refractivity contribution in [3.63, 3.8) is 0 Å². The molecule has 0 bridgehead atoms. The Labute approximate surface area is 95.7 Å². The number of rotatable bonds is 4. The minimum absolute atomic E-state index is 0.495. The number of benzene rings is 1. The van der Waals surface area contributed by atoms with Crippen LogP contribution in [0.2, 0.25) is 0 Å². The summed E-state index contributed by atoms with van der Waals surface area (Å²) in [6, 6.07) is 5.86. The molecular formula is C12H18O2S. The van der Waals surface area contributed by atoms with Crippen molar-refractivity contribution < 1.29 is 9.84 Å². The molecule has 1 rings (SSSR count). The van der Waals surface area contributed by atoms with Crippen molar-refractivity contribution >= 4 is 11.8 Å². The highest BCUT2D eigenvalue weighted by molar-refractivity contribution is 8.00. The number of methoxy groups -OCH3 is 1. The van der Waals surface area contributed by atoms with Crippen molar-refractivity contribution in [3.8, 4) is 5.75 Å². The summed E-state index contributed by atoms with van der Waals surface area (Å²) in [6.45, 7) is 6.04. The van der Waals surface area contributed by atoms with Gasteiger partial charge in [-0.15, -0.1) is 11.8 Å². The van der Waals surface area contributed by atoms with Crippen molar-refractivity contribution in [3.05, 3.63) is 23.8 Å². The van der Waals surface area contributed by atoms with Crippen LogP contribution in [0.1, 0.15) is 32.4 Å². The van der Waals surface area contributed by atoms with Gasteiger partial charge in [-0.05, 0) is 19.1 Å². The standard InChI is InChI=1S/C12H18O2S/c1-8(2)15-11-7-5-6-10(14-4)12(11)9(3)13/h5-9,13H,1-4H3/t9-/m0/s1. The summed E-state index contributed by atoms with van der Waals surface area (Å²) in [5.74, 6) is 0.760. The van der Waals surface area contributed by atoms with Gasteiger partial charge in [-0.1, -0.05) is 19.9 Å². The van der Waals surface area contributed by atoms with Crippen LogP contribution in [0.5, 0.6) is 5.75 Å². The summed E-state index contributed by atoms with van der Waals surface area (Å²) in [4.78, 5) is 1.10. The minimum Gasteiger partial charge on any atom is -0.496 e. The van der Waals surface area contributed by atoms with Crippen molar-refractivity contribution in [2.45, 2.75) is 37.0 Å². The van der Waals surface area contributed by atoms with Crippen LogP contribution in [0.3, 0.4) is 0 Å².